The summed E-state index contributed by atoms with van der Waals surface area (Å²) in [5.41, 5.74) is 3.17. The van der Waals surface area contributed by atoms with Crippen molar-refractivity contribution in [2.45, 2.75) is 19.9 Å². The molecule has 2 aromatic rings. The van der Waals surface area contributed by atoms with Crippen LogP contribution in [0.15, 0.2) is 48.5 Å². The summed E-state index contributed by atoms with van der Waals surface area (Å²) >= 11 is 0. The highest BCUT2D eigenvalue weighted by atomic mass is 32.2. The van der Waals surface area contributed by atoms with Crippen LogP contribution in [0.25, 0.3) is 0 Å². The van der Waals surface area contributed by atoms with Crippen molar-refractivity contribution < 1.29 is 13.2 Å². The van der Waals surface area contributed by atoms with Gasteiger partial charge < -0.3 is 5.32 Å². The van der Waals surface area contributed by atoms with Crippen molar-refractivity contribution in [3.8, 4) is 6.07 Å². The number of nitrogens with zero attached hydrogens (tertiary/aromatic N) is 3. The summed E-state index contributed by atoms with van der Waals surface area (Å²) < 4.78 is 25.5. The van der Waals surface area contributed by atoms with Crippen LogP contribution in [0.1, 0.15) is 28.4 Å². The molecule has 30 heavy (non-hydrogen) atoms. The first kappa shape index (κ1) is 22.0. The maximum absolute atomic E-state index is 12.6. The maximum Gasteiger partial charge on any atom is 0.255 e. The molecule has 0 aliphatic carbocycles. The van der Waals surface area contributed by atoms with Crippen LogP contribution in [0.2, 0.25) is 0 Å². The van der Waals surface area contributed by atoms with Gasteiger partial charge in [0.2, 0.25) is 10.0 Å². The molecule has 0 unspecified atom stereocenters. The SMILES string of the molecule is CCS(=O)(=O)N1CCN(Cc2cccc(C(=O)Nc3ccc(CC#N)cc3)c2)CC1. The van der Waals surface area contributed by atoms with Gasteiger partial charge in [0.1, 0.15) is 0 Å². The molecule has 1 saturated heterocycles. The van der Waals surface area contributed by atoms with Gasteiger partial charge in [-0.25, -0.2) is 8.42 Å². The van der Waals surface area contributed by atoms with Crippen LogP contribution < -0.4 is 5.32 Å². The van der Waals surface area contributed by atoms with Gasteiger partial charge in [0.15, 0.2) is 0 Å². The number of anilines is 1. The van der Waals surface area contributed by atoms with Gasteiger partial charge in [0.05, 0.1) is 18.2 Å². The third kappa shape index (κ3) is 5.66. The van der Waals surface area contributed by atoms with Crippen LogP contribution >= 0.6 is 0 Å². The van der Waals surface area contributed by atoms with E-state index in [1.165, 1.54) is 0 Å². The number of hydrogen-bond donors (Lipinski definition) is 1. The van der Waals surface area contributed by atoms with Crippen molar-refractivity contribution in [2.75, 3.05) is 37.2 Å². The van der Waals surface area contributed by atoms with E-state index in [2.05, 4.69) is 16.3 Å². The minimum Gasteiger partial charge on any atom is -0.322 e. The summed E-state index contributed by atoms with van der Waals surface area (Å²) in [7, 11) is -3.13. The Balaban J connectivity index is 1.58. The van der Waals surface area contributed by atoms with E-state index in [-0.39, 0.29) is 11.7 Å². The predicted octanol–water partition coefficient (Wildman–Crippen LogP) is 2.47. The summed E-state index contributed by atoms with van der Waals surface area (Å²) in [6, 6.07) is 16.8. The molecule has 1 aliphatic heterocycles. The van der Waals surface area contributed by atoms with E-state index < -0.39 is 10.0 Å². The molecule has 1 N–H and O–H groups in total. The number of amides is 1. The summed E-state index contributed by atoms with van der Waals surface area (Å²) in [5, 5.41) is 11.6. The molecule has 1 heterocycles. The molecular formula is C22H26N4O3S. The highest BCUT2D eigenvalue weighted by Gasteiger charge is 2.25. The Hall–Kier alpha value is -2.73. The van der Waals surface area contributed by atoms with Crippen LogP contribution in [0.5, 0.6) is 0 Å². The zero-order valence-electron chi connectivity index (χ0n) is 17.0. The van der Waals surface area contributed by atoms with E-state index >= 15 is 0 Å². The number of rotatable bonds is 7. The third-order valence-electron chi connectivity index (χ3n) is 5.18. The summed E-state index contributed by atoms with van der Waals surface area (Å²) in [6.07, 6.45) is 0.342. The lowest BCUT2D eigenvalue weighted by Crippen LogP contribution is -2.48. The minimum atomic E-state index is -3.13. The lowest BCUT2D eigenvalue weighted by atomic mass is 10.1. The Labute approximate surface area is 178 Å². The highest BCUT2D eigenvalue weighted by molar-refractivity contribution is 7.89. The van der Waals surface area contributed by atoms with Crippen molar-refractivity contribution in [1.29, 1.82) is 5.26 Å². The molecule has 0 bridgehead atoms. The van der Waals surface area contributed by atoms with Crippen molar-refractivity contribution in [1.82, 2.24) is 9.21 Å². The molecule has 1 amide bonds. The predicted molar refractivity (Wildman–Crippen MR) is 116 cm³/mol. The number of carbonyl (C=O) groups excluding carboxylic acids is 1. The van der Waals surface area contributed by atoms with E-state index in [0.717, 1.165) is 11.1 Å². The molecule has 0 spiro atoms. The second kappa shape index (κ2) is 9.85. The molecule has 0 saturated carbocycles. The van der Waals surface area contributed by atoms with Gasteiger partial charge in [-0.2, -0.15) is 9.57 Å². The molecule has 0 radical (unpaired) electrons. The molecule has 0 aromatic heterocycles. The number of hydrogen-bond acceptors (Lipinski definition) is 5. The van der Waals surface area contributed by atoms with E-state index in [0.29, 0.717) is 50.4 Å². The van der Waals surface area contributed by atoms with Crippen molar-refractivity contribution in [3.05, 3.63) is 65.2 Å². The van der Waals surface area contributed by atoms with E-state index in [9.17, 15) is 13.2 Å². The van der Waals surface area contributed by atoms with Gasteiger partial charge in [-0.3, -0.25) is 9.69 Å². The number of nitriles is 1. The van der Waals surface area contributed by atoms with Gasteiger partial charge in [-0.15, -0.1) is 0 Å². The topological polar surface area (TPSA) is 93.5 Å². The second-order valence-corrected chi connectivity index (χ2v) is 9.52. The van der Waals surface area contributed by atoms with Crippen molar-refractivity contribution in [2.24, 2.45) is 0 Å². The zero-order valence-corrected chi connectivity index (χ0v) is 17.9. The van der Waals surface area contributed by atoms with Gasteiger partial charge in [-0.05, 0) is 42.3 Å². The normalized spacial score (nSPS) is 15.5. The van der Waals surface area contributed by atoms with E-state index in [1.54, 1.807) is 29.4 Å². The molecule has 0 atom stereocenters. The average molecular weight is 427 g/mol. The Morgan fingerprint density at radius 1 is 1.07 bits per heavy atom. The fourth-order valence-corrected chi connectivity index (χ4v) is 4.50. The monoisotopic (exact) mass is 426 g/mol. The van der Waals surface area contributed by atoms with Crippen LogP contribution in [0, 0.1) is 11.3 Å². The highest BCUT2D eigenvalue weighted by Crippen LogP contribution is 2.15. The van der Waals surface area contributed by atoms with Crippen molar-refractivity contribution in [3.63, 3.8) is 0 Å². The first-order chi connectivity index (χ1) is 14.4. The van der Waals surface area contributed by atoms with Crippen LogP contribution in [0.4, 0.5) is 5.69 Å². The summed E-state index contributed by atoms with van der Waals surface area (Å²) in [6.45, 7) is 4.68. The Kier molecular flexibility index (Phi) is 7.21. The Bertz CT molecular complexity index is 1020. The smallest absolute Gasteiger partial charge is 0.255 e. The lowest BCUT2D eigenvalue weighted by Gasteiger charge is -2.33. The molecule has 8 heteroatoms. The molecule has 2 aromatic carbocycles. The molecule has 1 aliphatic rings. The molecular weight excluding hydrogens is 400 g/mol. The second-order valence-electron chi connectivity index (χ2n) is 7.26. The van der Waals surface area contributed by atoms with Gasteiger partial charge >= 0.3 is 0 Å². The Morgan fingerprint density at radius 2 is 1.77 bits per heavy atom. The lowest BCUT2D eigenvalue weighted by molar-refractivity contribution is 0.102. The number of piperazine rings is 1. The maximum atomic E-state index is 12.6. The largest absolute Gasteiger partial charge is 0.322 e. The summed E-state index contributed by atoms with van der Waals surface area (Å²) in [5.74, 6) is -0.0608. The van der Waals surface area contributed by atoms with Gasteiger partial charge in [0, 0.05) is 44.0 Å². The first-order valence-electron chi connectivity index (χ1n) is 9.97. The van der Waals surface area contributed by atoms with Crippen molar-refractivity contribution >= 4 is 21.6 Å². The molecule has 7 nitrogen and oxygen atoms in total. The fourth-order valence-electron chi connectivity index (χ4n) is 3.42. The van der Waals surface area contributed by atoms with Gasteiger partial charge in [-0.1, -0.05) is 24.3 Å². The molecule has 3 rings (SSSR count). The van der Waals surface area contributed by atoms with E-state index in [4.69, 9.17) is 5.26 Å². The quantitative estimate of drug-likeness (QED) is 0.734. The number of benzene rings is 2. The average Bonchev–Trinajstić information content (AvgIpc) is 2.76. The molecule has 1 fully saturated rings. The van der Waals surface area contributed by atoms with Crippen LogP contribution in [0.3, 0.4) is 0 Å². The number of nitrogens with one attached hydrogen (secondary N) is 1. The summed E-state index contributed by atoms with van der Waals surface area (Å²) in [4.78, 5) is 14.8. The first-order valence-corrected chi connectivity index (χ1v) is 11.6. The third-order valence-corrected chi connectivity index (χ3v) is 7.06. The van der Waals surface area contributed by atoms with E-state index in [1.807, 2.05) is 30.3 Å². The number of carbonyl (C=O) groups is 1. The fraction of sp³-hybridized carbons (Fsp3) is 0.364. The standard InChI is InChI=1S/C22H26N4O3S/c1-2-30(28,29)26-14-12-25(13-15-26)17-19-4-3-5-20(16-19)22(27)24-21-8-6-18(7-9-21)10-11-23/h3-9,16H,2,10,12-15,17H2,1H3,(H,24,27). The number of sulfonamides is 1. The van der Waals surface area contributed by atoms with Crippen LogP contribution in [-0.2, 0) is 23.0 Å². The minimum absolute atomic E-state index is 0.130. The zero-order chi connectivity index (χ0) is 21.6. The van der Waals surface area contributed by atoms with Crippen LogP contribution in [-0.4, -0.2) is 55.5 Å². The molecule has 158 valence electrons. The van der Waals surface area contributed by atoms with Gasteiger partial charge in [0.25, 0.3) is 5.91 Å². The Morgan fingerprint density at radius 3 is 2.40 bits per heavy atom.